The van der Waals surface area contributed by atoms with Crippen molar-refractivity contribution in [3.8, 4) is 5.75 Å². The van der Waals surface area contributed by atoms with E-state index in [2.05, 4.69) is 6.58 Å². The highest BCUT2D eigenvalue weighted by Gasteiger charge is 2.24. The SMILES string of the molecule is C=CCN(c1ccc(OC2CCCC2)cc1)S(=O)(=O)c1ccc(C)cc1. The molecule has 0 aromatic heterocycles. The van der Waals surface area contributed by atoms with Crippen molar-refractivity contribution >= 4 is 15.7 Å². The molecule has 0 heterocycles. The molecule has 0 amide bonds. The van der Waals surface area contributed by atoms with Gasteiger partial charge in [0.05, 0.1) is 23.2 Å². The van der Waals surface area contributed by atoms with Crippen molar-refractivity contribution in [1.82, 2.24) is 0 Å². The average molecular weight is 372 g/mol. The van der Waals surface area contributed by atoms with Crippen molar-refractivity contribution in [3.63, 3.8) is 0 Å². The Hall–Kier alpha value is -2.27. The molecule has 0 bridgehead atoms. The third-order valence-electron chi connectivity index (χ3n) is 4.63. The van der Waals surface area contributed by atoms with E-state index in [0.29, 0.717) is 5.69 Å². The van der Waals surface area contributed by atoms with Gasteiger partial charge in [-0.1, -0.05) is 23.8 Å². The maximum absolute atomic E-state index is 13.0. The molecule has 0 spiro atoms. The van der Waals surface area contributed by atoms with Gasteiger partial charge in [-0.25, -0.2) is 8.42 Å². The van der Waals surface area contributed by atoms with Crippen LogP contribution >= 0.6 is 0 Å². The monoisotopic (exact) mass is 371 g/mol. The number of sulfonamides is 1. The Morgan fingerprint density at radius 1 is 1.08 bits per heavy atom. The number of rotatable bonds is 7. The van der Waals surface area contributed by atoms with Crippen molar-refractivity contribution in [1.29, 1.82) is 0 Å². The van der Waals surface area contributed by atoms with Crippen LogP contribution < -0.4 is 9.04 Å². The number of benzene rings is 2. The molecular weight excluding hydrogens is 346 g/mol. The lowest BCUT2D eigenvalue weighted by atomic mass is 10.2. The van der Waals surface area contributed by atoms with Crippen LogP contribution in [0.3, 0.4) is 0 Å². The first kappa shape index (κ1) is 18.5. The Morgan fingerprint density at radius 3 is 2.27 bits per heavy atom. The first-order valence-electron chi connectivity index (χ1n) is 8.98. The van der Waals surface area contributed by atoms with Gasteiger partial charge in [0.15, 0.2) is 0 Å². The Morgan fingerprint density at radius 2 is 1.69 bits per heavy atom. The third-order valence-corrected chi connectivity index (χ3v) is 6.44. The fourth-order valence-corrected chi connectivity index (χ4v) is 4.62. The quantitative estimate of drug-likeness (QED) is 0.663. The molecule has 2 aromatic carbocycles. The summed E-state index contributed by atoms with van der Waals surface area (Å²) in [7, 11) is -3.65. The van der Waals surface area contributed by atoms with Crippen LogP contribution in [0.1, 0.15) is 31.2 Å². The lowest BCUT2D eigenvalue weighted by Crippen LogP contribution is -2.31. The lowest BCUT2D eigenvalue weighted by molar-refractivity contribution is 0.210. The van der Waals surface area contributed by atoms with Gasteiger partial charge in [-0.2, -0.15) is 0 Å². The van der Waals surface area contributed by atoms with Crippen LogP contribution in [0, 0.1) is 6.92 Å². The van der Waals surface area contributed by atoms with Gasteiger partial charge in [-0.15, -0.1) is 6.58 Å². The molecule has 0 atom stereocenters. The molecule has 2 aromatic rings. The second-order valence-electron chi connectivity index (χ2n) is 6.66. The van der Waals surface area contributed by atoms with Gasteiger partial charge in [0, 0.05) is 0 Å². The van der Waals surface area contributed by atoms with Gasteiger partial charge in [-0.3, -0.25) is 4.31 Å². The van der Waals surface area contributed by atoms with E-state index in [1.54, 1.807) is 42.5 Å². The molecular formula is C21H25NO3S. The lowest BCUT2D eigenvalue weighted by Gasteiger charge is -2.23. The smallest absolute Gasteiger partial charge is 0.264 e. The molecule has 3 rings (SSSR count). The fourth-order valence-electron chi connectivity index (χ4n) is 3.19. The minimum atomic E-state index is -3.65. The molecule has 26 heavy (non-hydrogen) atoms. The molecule has 138 valence electrons. The van der Waals surface area contributed by atoms with Gasteiger partial charge in [0.25, 0.3) is 10.0 Å². The molecule has 1 aliphatic carbocycles. The first-order valence-corrected chi connectivity index (χ1v) is 10.4. The first-order chi connectivity index (χ1) is 12.5. The summed E-state index contributed by atoms with van der Waals surface area (Å²) in [6.45, 7) is 5.84. The van der Waals surface area contributed by atoms with Crippen LogP contribution in [0.4, 0.5) is 5.69 Å². The molecule has 0 radical (unpaired) electrons. The largest absolute Gasteiger partial charge is 0.490 e. The van der Waals surface area contributed by atoms with E-state index in [4.69, 9.17) is 4.74 Å². The molecule has 0 N–H and O–H groups in total. The molecule has 4 nitrogen and oxygen atoms in total. The summed E-state index contributed by atoms with van der Waals surface area (Å²) in [5.74, 6) is 0.784. The van der Waals surface area contributed by atoms with E-state index in [9.17, 15) is 8.42 Å². The molecule has 0 unspecified atom stereocenters. The second-order valence-corrected chi connectivity index (χ2v) is 8.52. The Labute approximate surface area is 156 Å². The summed E-state index contributed by atoms with van der Waals surface area (Å²) in [4.78, 5) is 0.274. The zero-order valence-electron chi connectivity index (χ0n) is 15.1. The van der Waals surface area contributed by atoms with Crippen molar-refractivity contribution in [2.45, 2.75) is 43.6 Å². The third kappa shape index (κ3) is 4.10. The summed E-state index contributed by atoms with van der Waals surface area (Å²) < 4.78 is 33.4. The van der Waals surface area contributed by atoms with Crippen LogP contribution in [0.5, 0.6) is 5.75 Å². The van der Waals surface area contributed by atoms with Gasteiger partial charge in [-0.05, 0) is 69.0 Å². The van der Waals surface area contributed by atoms with Crippen LogP contribution in [-0.2, 0) is 10.0 Å². The molecule has 5 heteroatoms. The Balaban J connectivity index is 1.84. The maximum atomic E-state index is 13.0. The molecule has 1 aliphatic rings. The molecule has 1 saturated carbocycles. The number of nitrogens with zero attached hydrogens (tertiary/aromatic N) is 1. The van der Waals surface area contributed by atoms with Crippen molar-refractivity contribution in [2.75, 3.05) is 10.8 Å². The van der Waals surface area contributed by atoms with Crippen molar-refractivity contribution < 1.29 is 13.2 Å². The van der Waals surface area contributed by atoms with E-state index in [0.717, 1.165) is 24.2 Å². The van der Waals surface area contributed by atoms with Crippen LogP contribution in [0.15, 0.2) is 66.1 Å². The number of hydrogen-bond donors (Lipinski definition) is 0. The minimum Gasteiger partial charge on any atom is -0.490 e. The summed E-state index contributed by atoms with van der Waals surface area (Å²) in [5.41, 5.74) is 1.62. The van der Waals surface area contributed by atoms with Crippen molar-refractivity contribution in [3.05, 3.63) is 66.7 Å². The summed E-state index contributed by atoms with van der Waals surface area (Å²) in [6.07, 6.45) is 6.48. The van der Waals surface area contributed by atoms with Crippen molar-refractivity contribution in [2.24, 2.45) is 0 Å². The summed E-state index contributed by atoms with van der Waals surface area (Å²) in [5, 5.41) is 0. The van der Waals surface area contributed by atoms with E-state index < -0.39 is 10.0 Å². The van der Waals surface area contributed by atoms with E-state index in [1.807, 2.05) is 19.1 Å². The zero-order chi connectivity index (χ0) is 18.6. The van der Waals surface area contributed by atoms with Gasteiger partial charge < -0.3 is 4.74 Å². The number of anilines is 1. The average Bonchev–Trinajstić information content (AvgIpc) is 3.14. The van der Waals surface area contributed by atoms with E-state index in [-0.39, 0.29) is 17.5 Å². The predicted octanol–water partition coefficient (Wildman–Crippen LogP) is 4.70. The van der Waals surface area contributed by atoms with Gasteiger partial charge in [0.1, 0.15) is 5.75 Å². The normalized spacial score (nSPS) is 15.0. The minimum absolute atomic E-state index is 0.207. The zero-order valence-corrected chi connectivity index (χ0v) is 15.9. The van der Waals surface area contributed by atoms with Crippen LogP contribution in [-0.4, -0.2) is 21.1 Å². The Kier molecular flexibility index (Phi) is 5.67. The highest BCUT2D eigenvalue weighted by Crippen LogP contribution is 2.28. The highest BCUT2D eigenvalue weighted by molar-refractivity contribution is 7.92. The standard InChI is InChI=1S/C21H25NO3S/c1-3-16-22(26(23,24)21-14-8-17(2)9-15-21)18-10-12-20(13-11-18)25-19-6-4-5-7-19/h3,8-15,19H,1,4-7,16H2,2H3. The number of hydrogen-bond acceptors (Lipinski definition) is 3. The number of ether oxygens (including phenoxy) is 1. The summed E-state index contributed by atoms with van der Waals surface area (Å²) in [6, 6.07) is 14.1. The van der Waals surface area contributed by atoms with E-state index in [1.165, 1.54) is 17.1 Å². The fraction of sp³-hybridized carbons (Fsp3) is 0.333. The molecule has 0 aliphatic heterocycles. The van der Waals surface area contributed by atoms with Crippen LogP contribution in [0.2, 0.25) is 0 Å². The van der Waals surface area contributed by atoms with Gasteiger partial charge >= 0.3 is 0 Å². The maximum Gasteiger partial charge on any atom is 0.264 e. The summed E-state index contributed by atoms with van der Waals surface area (Å²) >= 11 is 0. The number of aryl methyl sites for hydroxylation is 1. The molecule has 0 saturated heterocycles. The topological polar surface area (TPSA) is 46.6 Å². The predicted molar refractivity (Wildman–Crippen MR) is 105 cm³/mol. The van der Waals surface area contributed by atoms with E-state index >= 15 is 0 Å². The van der Waals surface area contributed by atoms with Gasteiger partial charge in [0.2, 0.25) is 0 Å². The highest BCUT2D eigenvalue weighted by atomic mass is 32.2. The Bertz CT molecular complexity index is 836. The van der Waals surface area contributed by atoms with Crippen LogP contribution in [0.25, 0.3) is 0 Å². The molecule has 1 fully saturated rings. The second kappa shape index (κ2) is 7.96.